The molecule has 0 fully saturated rings. The average molecular weight is 187 g/mol. The molecule has 0 spiro atoms. The van der Waals surface area contributed by atoms with E-state index in [1.165, 1.54) is 24.9 Å². The van der Waals surface area contributed by atoms with Crippen molar-refractivity contribution in [2.24, 2.45) is 0 Å². The Morgan fingerprint density at radius 1 is 1.50 bits per heavy atom. The monoisotopic (exact) mass is 187 g/mol. The highest BCUT2D eigenvalue weighted by Gasteiger charge is 2.06. The minimum Gasteiger partial charge on any atom is -0.495 e. The molecule has 0 aliphatic carbocycles. The van der Waals surface area contributed by atoms with E-state index in [4.69, 9.17) is 10.5 Å². The highest BCUT2D eigenvalue weighted by Crippen LogP contribution is 2.29. The van der Waals surface area contributed by atoms with Crippen molar-refractivity contribution in [3.05, 3.63) is 17.9 Å². The molecule has 0 unspecified atom stereocenters. The van der Waals surface area contributed by atoms with Crippen molar-refractivity contribution >= 4 is 17.4 Å². The maximum absolute atomic E-state index is 13.0. The van der Waals surface area contributed by atoms with Gasteiger partial charge in [0.05, 0.1) is 12.8 Å². The van der Waals surface area contributed by atoms with Crippen LogP contribution in [0.4, 0.5) is 10.1 Å². The van der Waals surface area contributed by atoms with Gasteiger partial charge < -0.3 is 10.5 Å². The van der Waals surface area contributed by atoms with Crippen LogP contribution in [0, 0.1) is 5.82 Å². The van der Waals surface area contributed by atoms with E-state index in [1.54, 1.807) is 12.3 Å². The van der Waals surface area contributed by atoms with E-state index in [0.29, 0.717) is 16.3 Å². The summed E-state index contributed by atoms with van der Waals surface area (Å²) in [7, 11) is 1.51. The van der Waals surface area contributed by atoms with E-state index in [2.05, 4.69) is 0 Å². The molecule has 0 bridgehead atoms. The summed E-state index contributed by atoms with van der Waals surface area (Å²) in [6.07, 6.45) is 1.80. The van der Waals surface area contributed by atoms with E-state index < -0.39 is 0 Å². The summed E-state index contributed by atoms with van der Waals surface area (Å²) in [6.45, 7) is 0. The SMILES string of the molecule is COc1cc(SC)c(F)cc1N. The van der Waals surface area contributed by atoms with Crippen molar-refractivity contribution in [1.29, 1.82) is 0 Å². The van der Waals surface area contributed by atoms with Gasteiger partial charge >= 0.3 is 0 Å². The summed E-state index contributed by atoms with van der Waals surface area (Å²) < 4.78 is 17.9. The van der Waals surface area contributed by atoms with Gasteiger partial charge in [-0.05, 0) is 12.3 Å². The molecule has 0 aliphatic heterocycles. The first kappa shape index (κ1) is 9.19. The topological polar surface area (TPSA) is 35.2 Å². The van der Waals surface area contributed by atoms with E-state index in [9.17, 15) is 4.39 Å². The lowest BCUT2D eigenvalue weighted by molar-refractivity contribution is 0.414. The van der Waals surface area contributed by atoms with Crippen molar-refractivity contribution in [2.75, 3.05) is 19.1 Å². The predicted molar refractivity (Wildman–Crippen MR) is 49.1 cm³/mol. The molecule has 0 aromatic heterocycles. The molecule has 2 nitrogen and oxygen atoms in total. The van der Waals surface area contributed by atoms with Gasteiger partial charge in [0.25, 0.3) is 0 Å². The zero-order chi connectivity index (χ0) is 9.14. The van der Waals surface area contributed by atoms with E-state index in [0.717, 1.165) is 0 Å². The van der Waals surface area contributed by atoms with Crippen molar-refractivity contribution in [3.8, 4) is 5.75 Å². The largest absolute Gasteiger partial charge is 0.495 e. The van der Waals surface area contributed by atoms with Gasteiger partial charge in [-0.3, -0.25) is 0 Å². The highest BCUT2D eigenvalue weighted by atomic mass is 32.2. The first-order valence-electron chi connectivity index (χ1n) is 3.36. The average Bonchev–Trinajstić information content (AvgIpc) is 2.05. The lowest BCUT2D eigenvalue weighted by Crippen LogP contribution is -1.94. The third kappa shape index (κ3) is 1.64. The first-order chi connectivity index (χ1) is 5.69. The van der Waals surface area contributed by atoms with Gasteiger partial charge in [-0.2, -0.15) is 0 Å². The molecule has 0 saturated carbocycles. The molecule has 1 aromatic rings. The van der Waals surface area contributed by atoms with Gasteiger partial charge in [-0.25, -0.2) is 4.39 Å². The fraction of sp³-hybridized carbons (Fsp3) is 0.250. The van der Waals surface area contributed by atoms with Gasteiger partial charge in [0.15, 0.2) is 0 Å². The lowest BCUT2D eigenvalue weighted by Gasteiger charge is -2.06. The maximum atomic E-state index is 13.0. The van der Waals surface area contributed by atoms with Gasteiger partial charge in [0.1, 0.15) is 11.6 Å². The number of methoxy groups -OCH3 is 1. The zero-order valence-corrected chi connectivity index (χ0v) is 7.74. The molecule has 0 aliphatic rings. The Kier molecular flexibility index (Phi) is 2.81. The summed E-state index contributed by atoms with van der Waals surface area (Å²) in [5.41, 5.74) is 5.81. The number of halogens is 1. The summed E-state index contributed by atoms with van der Waals surface area (Å²) in [6, 6.07) is 2.86. The molecule has 66 valence electrons. The smallest absolute Gasteiger partial charge is 0.143 e. The lowest BCUT2D eigenvalue weighted by atomic mass is 10.3. The Labute approximate surface area is 74.9 Å². The molecule has 4 heteroatoms. The molecule has 0 radical (unpaired) electrons. The molecular formula is C8H10FNOS. The molecule has 1 rings (SSSR count). The third-order valence-electron chi connectivity index (χ3n) is 1.50. The summed E-state index contributed by atoms with van der Waals surface area (Å²) in [5, 5.41) is 0. The van der Waals surface area contributed by atoms with Crippen LogP contribution >= 0.6 is 11.8 Å². The molecule has 0 amide bonds. The van der Waals surface area contributed by atoms with Crippen LogP contribution in [0.2, 0.25) is 0 Å². The Morgan fingerprint density at radius 2 is 2.17 bits per heavy atom. The summed E-state index contributed by atoms with van der Waals surface area (Å²) in [5.74, 6) is 0.210. The van der Waals surface area contributed by atoms with Crippen LogP contribution in [0.15, 0.2) is 17.0 Å². The molecule has 2 N–H and O–H groups in total. The number of hydrogen-bond donors (Lipinski definition) is 1. The second-order valence-corrected chi connectivity index (χ2v) is 3.08. The van der Waals surface area contributed by atoms with Crippen LogP contribution in [0.1, 0.15) is 0 Å². The van der Waals surface area contributed by atoms with Gasteiger partial charge in [0.2, 0.25) is 0 Å². The second-order valence-electron chi connectivity index (χ2n) is 2.23. The van der Waals surface area contributed by atoms with Gasteiger partial charge in [-0.1, -0.05) is 0 Å². The van der Waals surface area contributed by atoms with Crippen molar-refractivity contribution in [2.45, 2.75) is 4.90 Å². The quantitative estimate of drug-likeness (QED) is 0.569. The van der Waals surface area contributed by atoms with Crippen molar-refractivity contribution in [1.82, 2.24) is 0 Å². The summed E-state index contributed by atoms with van der Waals surface area (Å²) in [4.78, 5) is 0.543. The Hall–Kier alpha value is -0.900. The fourth-order valence-electron chi connectivity index (χ4n) is 0.883. The van der Waals surface area contributed by atoms with Crippen LogP contribution in [0.25, 0.3) is 0 Å². The van der Waals surface area contributed by atoms with E-state index in [1.807, 2.05) is 0 Å². The number of anilines is 1. The maximum Gasteiger partial charge on any atom is 0.143 e. The number of benzene rings is 1. The number of rotatable bonds is 2. The van der Waals surface area contributed by atoms with Crippen molar-refractivity contribution < 1.29 is 9.13 Å². The second kappa shape index (κ2) is 3.67. The van der Waals surface area contributed by atoms with Crippen molar-refractivity contribution in [3.63, 3.8) is 0 Å². The molecule has 0 heterocycles. The van der Waals surface area contributed by atoms with Crippen LogP contribution in [-0.4, -0.2) is 13.4 Å². The number of hydrogen-bond acceptors (Lipinski definition) is 3. The van der Waals surface area contributed by atoms with E-state index >= 15 is 0 Å². The predicted octanol–water partition coefficient (Wildman–Crippen LogP) is 2.14. The molecule has 1 aromatic carbocycles. The highest BCUT2D eigenvalue weighted by molar-refractivity contribution is 7.98. The molecule has 0 saturated heterocycles. The normalized spacial score (nSPS) is 9.92. The van der Waals surface area contributed by atoms with E-state index in [-0.39, 0.29) is 5.82 Å². The van der Waals surface area contributed by atoms with Crippen LogP contribution in [0.5, 0.6) is 5.75 Å². The molecule has 0 atom stereocenters. The Balaban J connectivity index is 3.18. The van der Waals surface area contributed by atoms with Crippen LogP contribution in [-0.2, 0) is 0 Å². The van der Waals surface area contributed by atoms with Crippen LogP contribution < -0.4 is 10.5 Å². The standard InChI is InChI=1S/C8H10FNOS/c1-11-7-4-8(12-2)5(9)3-6(7)10/h3-4H,10H2,1-2H3. The van der Waals surface area contributed by atoms with Gasteiger partial charge in [-0.15, -0.1) is 11.8 Å². The minimum atomic E-state index is -0.305. The minimum absolute atomic E-state index is 0.305. The number of nitrogens with two attached hydrogens (primary N) is 1. The number of ether oxygens (including phenoxy) is 1. The summed E-state index contributed by atoms with van der Waals surface area (Å²) >= 11 is 1.32. The Bertz CT molecular complexity index is 265. The molecular weight excluding hydrogens is 177 g/mol. The molecule has 12 heavy (non-hydrogen) atoms. The Morgan fingerprint density at radius 3 is 2.67 bits per heavy atom. The van der Waals surface area contributed by atoms with Crippen LogP contribution in [0.3, 0.4) is 0 Å². The zero-order valence-electron chi connectivity index (χ0n) is 6.93. The number of nitrogen functional groups attached to an aromatic ring is 1. The third-order valence-corrected chi connectivity index (χ3v) is 2.26. The number of thioether (sulfide) groups is 1. The van der Waals surface area contributed by atoms with Gasteiger partial charge in [0, 0.05) is 11.0 Å². The first-order valence-corrected chi connectivity index (χ1v) is 4.58. The fourth-order valence-corrected chi connectivity index (χ4v) is 1.36.